The number of anilines is 3. The van der Waals surface area contributed by atoms with Gasteiger partial charge in [0.2, 0.25) is 0 Å². The summed E-state index contributed by atoms with van der Waals surface area (Å²) in [5, 5.41) is 9.76. The maximum Gasteiger partial charge on any atom is 0.319 e. The molecule has 0 bridgehead atoms. The summed E-state index contributed by atoms with van der Waals surface area (Å²) in [4.78, 5) is 11.7. The normalized spacial score (nSPS) is 13.5. The van der Waals surface area contributed by atoms with Gasteiger partial charge >= 0.3 is 6.03 Å². The largest absolute Gasteiger partial charge is 0.354 e. The number of amides is 2. The first-order valence-corrected chi connectivity index (χ1v) is 8.10. The fourth-order valence-electron chi connectivity index (χ4n) is 2.44. The third-order valence-corrected chi connectivity index (χ3v) is 4.05. The van der Waals surface area contributed by atoms with Crippen LogP contribution in [0, 0.1) is 13.8 Å². The molecule has 2 aromatic rings. The van der Waals surface area contributed by atoms with Crippen molar-refractivity contribution in [1.82, 2.24) is 5.32 Å². The van der Waals surface area contributed by atoms with Crippen LogP contribution in [0.3, 0.4) is 0 Å². The SMILES string of the molecule is Cc1cc(C)c(Nc2ccc(NC(=O)NC3CC3)cc2)c(Cl)c1. The van der Waals surface area contributed by atoms with Crippen molar-refractivity contribution in [3.63, 3.8) is 0 Å². The predicted octanol–water partition coefficient (Wildman–Crippen LogP) is 4.98. The summed E-state index contributed by atoms with van der Waals surface area (Å²) in [6.07, 6.45) is 2.15. The fourth-order valence-corrected chi connectivity index (χ4v) is 2.80. The Morgan fingerprint density at radius 2 is 1.74 bits per heavy atom. The van der Waals surface area contributed by atoms with Crippen molar-refractivity contribution in [3.05, 3.63) is 52.5 Å². The zero-order chi connectivity index (χ0) is 16.4. The molecule has 0 aliphatic heterocycles. The average Bonchev–Trinajstić information content (AvgIpc) is 3.28. The van der Waals surface area contributed by atoms with Crippen LogP contribution >= 0.6 is 11.6 Å². The highest BCUT2D eigenvalue weighted by atomic mass is 35.5. The molecule has 120 valence electrons. The lowest BCUT2D eigenvalue weighted by Gasteiger charge is -2.13. The third kappa shape index (κ3) is 4.17. The first kappa shape index (κ1) is 15.7. The molecule has 3 N–H and O–H groups in total. The van der Waals surface area contributed by atoms with E-state index in [1.165, 1.54) is 0 Å². The van der Waals surface area contributed by atoms with Crippen LogP contribution in [0.4, 0.5) is 21.9 Å². The zero-order valence-corrected chi connectivity index (χ0v) is 14.0. The molecule has 2 amide bonds. The van der Waals surface area contributed by atoms with Gasteiger partial charge in [-0.2, -0.15) is 0 Å². The van der Waals surface area contributed by atoms with E-state index in [9.17, 15) is 4.79 Å². The number of carbonyl (C=O) groups excluding carboxylic acids is 1. The monoisotopic (exact) mass is 329 g/mol. The van der Waals surface area contributed by atoms with Crippen molar-refractivity contribution in [2.24, 2.45) is 0 Å². The summed E-state index contributed by atoms with van der Waals surface area (Å²) in [6, 6.07) is 11.8. The molecule has 0 radical (unpaired) electrons. The number of benzene rings is 2. The minimum atomic E-state index is -0.148. The second kappa shape index (κ2) is 6.50. The van der Waals surface area contributed by atoms with E-state index >= 15 is 0 Å². The first-order valence-electron chi connectivity index (χ1n) is 7.72. The molecule has 23 heavy (non-hydrogen) atoms. The molecule has 1 fully saturated rings. The minimum absolute atomic E-state index is 0.148. The van der Waals surface area contributed by atoms with Crippen molar-refractivity contribution in [3.8, 4) is 0 Å². The number of urea groups is 1. The molecular formula is C18H20ClN3O. The third-order valence-electron chi connectivity index (χ3n) is 3.76. The van der Waals surface area contributed by atoms with Gasteiger partial charge in [-0.3, -0.25) is 0 Å². The number of carbonyl (C=O) groups is 1. The van der Waals surface area contributed by atoms with Crippen LogP contribution in [0.1, 0.15) is 24.0 Å². The van der Waals surface area contributed by atoms with Crippen molar-refractivity contribution in [1.29, 1.82) is 0 Å². The molecule has 1 saturated carbocycles. The van der Waals surface area contributed by atoms with Gasteiger partial charge in [0, 0.05) is 17.4 Å². The van der Waals surface area contributed by atoms with Crippen LogP contribution in [0.2, 0.25) is 5.02 Å². The van der Waals surface area contributed by atoms with Crippen molar-refractivity contribution in [2.75, 3.05) is 10.6 Å². The average molecular weight is 330 g/mol. The smallest absolute Gasteiger partial charge is 0.319 e. The van der Waals surface area contributed by atoms with E-state index in [0.29, 0.717) is 11.1 Å². The summed E-state index contributed by atoms with van der Waals surface area (Å²) in [6.45, 7) is 4.05. The van der Waals surface area contributed by atoms with Gasteiger partial charge in [-0.15, -0.1) is 0 Å². The van der Waals surface area contributed by atoms with Gasteiger partial charge < -0.3 is 16.0 Å². The molecular weight excluding hydrogens is 310 g/mol. The van der Waals surface area contributed by atoms with Gasteiger partial charge in [-0.1, -0.05) is 17.7 Å². The van der Waals surface area contributed by atoms with Crippen LogP contribution in [0.25, 0.3) is 0 Å². The maximum absolute atomic E-state index is 11.7. The Balaban J connectivity index is 1.66. The van der Waals surface area contributed by atoms with E-state index in [1.807, 2.05) is 44.2 Å². The van der Waals surface area contributed by atoms with Crippen molar-refractivity contribution >= 4 is 34.7 Å². The number of halogens is 1. The quantitative estimate of drug-likeness (QED) is 0.740. The van der Waals surface area contributed by atoms with Crippen LogP contribution in [-0.4, -0.2) is 12.1 Å². The van der Waals surface area contributed by atoms with Crippen LogP contribution in [0.15, 0.2) is 36.4 Å². The molecule has 0 spiro atoms. The molecule has 0 saturated heterocycles. The molecule has 1 aliphatic rings. The summed E-state index contributed by atoms with van der Waals surface area (Å²) in [5.74, 6) is 0. The summed E-state index contributed by atoms with van der Waals surface area (Å²) in [7, 11) is 0. The van der Waals surface area contributed by atoms with E-state index in [0.717, 1.165) is 41.0 Å². The van der Waals surface area contributed by atoms with E-state index < -0.39 is 0 Å². The Morgan fingerprint density at radius 3 is 2.35 bits per heavy atom. The van der Waals surface area contributed by atoms with E-state index in [2.05, 4.69) is 22.0 Å². The standard InChI is InChI=1S/C18H20ClN3O/c1-11-9-12(2)17(16(19)10-11)20-13-3-5-14(6-4-13)21-18(23)22-15-7-8-15/h3-6,9-10,15,20H,7-8H2,1-2H3,(H2,21,22,23). The van der Waals surface area contributed by atoms with Gasteiger partial charge in [-0.05, 0) is 68.1 Å². The Morgan fingerprint density at radius 1 is 1.09 bits per heavy atom. The molecule has 0 unspecified atom stereocenters. The number of hydrogen-bond donors (Lipinski definition) is 3. The molecule has 0 atom stereocenters. The lowest BCUT2D eigenvalue weighted by atomic mass is 10.1. The number of hydrogen-bond acceptors (Lipinski definition) is 2. The molecule has 0 aromatic heterocycles. The predicted molar refractivity (Wildman–Crippen MR) is 95.8 cm³/mol. The Bertz CT molecular complexity index is 701. The fraction of sp³-hybridized carbons (Fsp3) is 0.278. The number of rotatable bonds is 4. The van der Waals surface area contributed by atoms with Crippen molar-refractivity contribution < 1.29 is 4.79 Å². The van der Waals surface area contributed by atoms with E-state index in [4.69, 9.17) is 11.6 Å². The van der Waals surface area contributed by atoms with Crippen LogP contribution in [-0.2, 0) is 0 Å². The van der Waals surface area contributed by atoms with Gasteiger partial charge in [-0.25, -0.2) is 4.79 Å². The maximum atomic E-state index is 11.7. The lowest BCUT2D eigenvalue weighted by molar-refractivity contribution is 0.251. The summed E-state index contributed by atoms with van der Waals surface area (Å²) < 4.78 is 0. The molecule has 0 heterocycles. The van der Waals surface area contributed by atoms with Crippen LogP contribution < -0.4 is 16.0 Å². The highest BCUT2D eigenvalue weighted by Crippen LogP contribution is 2.30. The highest BCUT2D eigenvalue weighted by Gasteiger charge is 2.23. The highest BCUT2D eigenvalue weighted by molar-refractivity contribution is 6.33. The topological polar surface area (TPSA) is 53.2 Å². The van der Waals surface area contributed by atoms with Gasteiger partial charge in [0.15, 0.2) is 0 Å². The van der Waals surface area contributed by atoms with Crippen LogP contribution in [0.5, 0.6) is 0 Å². The second-order valence-corrected chi connectivity index (χ2v) is 6.42. The van der Waals surface area contributed by atoms with E-state index in [1.54, 1.807) is 0 Å². The molecule has 2 aromatic carbocycles. The first-order chi connectivity index (χ1) is 11.0. The summed E-state index contributed by atoms with van der Waals surface area (Å²) in [5.41, 5.74) is 4.83. The Labute approximate surface area is 141 Å². The van der Waals surface area contributed by atoms with Gasteiger partial charge in [0.1, 0.15) is 0 Å². The van der Waals surface area contributed by atoms with E-state index in [-0.39, 0.29) is 6.03 Å². The van der Waals surface area contributed by atoms with Gasteiger partial charge in [0.05, 0.1) is 10.7 Å². The lowest BCUT2D eigenvalue weighted by Crippen LogP contribution is -2.30. The molecule has 5 heteroatoms. The summed E-state index contributed by atoms with van der Waals surface area (Å²) >= 11 is 6.31. The van der Waals surface area contributed by atoms with Gasteiger partial charge in [0.25, 0.3) is 0 Å². The molecule has 3 rings (SSSR count). The number of aryl methyl sites for hydroxylation is 2. The second-order valence-electron chi connectivity index (χ2n) is 6.01. The Hall–Kier alpha value is -2.20. The van der Waals surface area contributed by atoms with Crippen molar-refractivity contribution in [2.45, 2.75) is 32.7 Å². The molecule has 4 nitrogen and oxygen atoms in total. The number of nitrogens with one attached hydrogen (secondary N) is 3. The molecule has 1 aliphatic carbocycles. The zero-order valence-electron chi connectivity index (χ0n) is 13.2. The minimum Gasteiger partial charge on any atom is -0.354 e. The Kier molecular flexibility index (Phi) is 4.44.